The predicted octanol–water partition coefficient (Wildman–Crippen LogP) is 3.66. The molecule has 1 aliphatic rings. The fraction of sp³-hybridized carbons (Fsp3) is 0.385. The van der Waals surface area contributed by atoms with Gasteiger partial charge in [-0.15, -0.1) is 0 Å². The predicted molar refractivity (Wildman–Crippen MR) is 128 cm³/mol. The molecule has 7 nitrogen and oxygen atoms in total. The summed E-state index contributed by atoms with van der Waals surface area (Å²) in [7, 11) is 3.22. The molecule has 0 saturated heterocycles. The third kappa shape index (κ3) is 5.43. The molecule has 0 unspecified atom stereocenters. The molecule has 0 radical (unpaired) electrons. The lowest BCUT2D eigenvalue weighted by Gasteiger charge is -2.26. The molecule has 0 bridgehead atoms. The summed E-state index contributed by atoms with van der Waals surface area (Å²) in [4.78, 5) is 30.6. The van der Waals surface area contributed by atoms with Gasteiger partial charge in [-0.1, -0.05) is 30.3 Å². The Labute approximate surface area is 195 Å². The zero-order valence-corrected chi connectivity index (χ0v) is 20.0. The summed E-state index contributed by atoms with van der Waals surface area (Å²) in [6, 6.07) is 14.7. The molecule has 2 aromatic carbocycles. The van der Waals surface area contributed by atoms with Crippen LogP contribution in [-0.4, -0.2) is 63.3 Å². The maximum Gasteiger partial charge on any atom is 0.282 e. The Morgan fingerprint density at radius 3 is 2.03 bits per heavy atom. The summed E-state index contributed by atoms with van der Waals surface area (Å²) in [6.07, 6.45) is 0.0374. The van der Waals surface area contributed by atoms with Crippen LogP contribution in [0.5, 0.6) is 5.75 Å². The van der Waals surface area contributed by atoms with Crippen LogP contribution < -0.4 is 9.64 Å². The fourth-order valence-corrected chi connectivity index (χ4v) is 3.82. The minimum atomic E-state index is -0.348. The van der Waals surface area contributed by atoms with Crippen LogP contribution in [0.4, 0.5) is 5.69 Å². The summed E-state index contributed by atoms with van der Waals surface area (Å²) < 4.78 is 16.3. The summed E-state index contributed by atoms with van der Waals surface area (Å²) in [6.45, 7) is 7.52. The van der Waals surface area contributed by atoms with Crippen molar-refractivity contribution in [2.24, 2.45) is 0 Å². The van der Waals surface area contributed by atoms with Crippen molar-refractivity contribution >= 4 is 23.1 Å². The second-order valence-electron chi connectivity index (χ2n) is 8.12. The van der Waals surface area contributed by atoms with Crippen molar-refractivity contribution in [1.29, 1.82) is 0 Å². The molecule has 0 aromatic heterocycles. The molecule has 1 heterocycles. The number of methoxy groups -OCH3 is 2. The van der Waals surface area contributed by atoms with Gasteiger partial charge in [-0.3, -0.25) is 9.59 Å². The first-order valence-electron chi connectivity index (χ1n) is 11.1. The minimum absolute atomic E-state index is 0.0374. The van der Waals surface area contributed by atoms with Crippen LogP contribution in [0, 0.1) is 6.92 Å². The highest BCUT2D eigenvalue weighted by atomic mass is 16.5. The molecule has 3 rings (SSSR count). The molecule has 0 fully saturated rings. The van der Waals surface area contributed by atoms with Gasteiger partial charge in [0.25, 0.3) is 11.8 Å². The molecule has 7 heteroatoms. The van der Waals surface area contributed by atoms with E-state index >= 15 is 0 Å². The largest absolute Gasteiger partial charge is 0.491 e. The number of amides is 2. The molecule has 0 aliphatic carbocycles. The number of hydrogen-bond donors (Lipinski definition) is 0. The van der Waals surface area contributed by atoms with Gasteiger partial charge in [-0.25, -0.2) is 4.90 Å². The van der Waals surface area contributed by atoms with Crippen molar-refractivity contribution in [3.05, 3.63) is 65.4 Å². The van der Waals surface area contributed by atoms with E-state index in [1.807, 2.05) is 68.1 Å². The van der Waals surface area contributed by atoms with Crippen LogP contribution in [0.2, 0.25) is 0 Å². The summed E-state index contributed by atoms with van der Waals surface area (Å²) >= 11 is 0. The van der Waals surface area contributed by atoms with Crippen LogP contribution in [0.25, 0.3) is 5.57 Å². The van der Waals surface area contributed by atoms with Gasteiger partial charge in [0.05, 0.1) is 30.6 Å². The zero-order chi connectivity index (χ0) is 24.0. The van der Waals surface area contributed by atoms with Gasteiger partial charge in [0.1, 0.15) is 11.4 Å². The van der Waals surface area contributed by atoms with Crippen LogP contribution in [0.3, 0.4) is 0 Å². The van der Waals surface area contributed by atoms with Crippen molar-refractivity contribution in [3.63, 3.8) is 0 Å². The molecule has 2 aromatic rings. The molecule has 0 spiro atoms. The van der Waals surface area contributed by atoms with Crippen molar-refractivity contribution < 1.29 is 23.8 Å². The number of rotatable bonds is 11. The maximum absolute atomic E-state index is 13.7. The quantitative estimate of drug-likeness (QED) is 0.485. The second-order valence-corrected chi connectivity index (χ2v) is 8.12. The molecule has 33 heavy (non-hydrogen) atoms. The van der Waals surface area contributed by atoms with Crippen molar-refractivity contribution in [2.45, 2.75) is 26.9 Å². The highest BCUT2D eigenvalue weighted by Gasteiger charge is 2.42. The molecule has 176 valence electrons. The number of anilines is 1. The van der Waals surface area contributed by atoms with E-state index in [2.05, 4.69) is 0 Å². The number of nitrogens with zero attached hydrogens (tertiary/aromatic N) is 2. The van der Waals surface area contributed by atoms with E-state index in [-0.39, 0.29) is 17.9 Å². The maximum atomic E-state index is 13.7. The van der Waals surface area contributed by atoms with E-state index in [1.54, 1.807) is 20.3 Å². The van der Waals surface area contributed by atoms with Crippen LogP contribution >= 0.6 is 0 Å². The monoisotopic (exact) mass is 452 g/mol. The molecule has 1 aliphatic heterocycles. The third-order valence-corrected chi connectivity index (χ3v) is 5.38. The Morgan fingerprint density at radius 1 is 0.879 bits per heavy atom. The number of hydrogen-bond acceptors (Lipinski definition) is 6. The lowest BCUT2D eigenvalue weighted by molar-refractivity contribution is -0.120. The Kier molecular flexibility index (Phi) is 8.25. The average molecular weight is 453 g/mol. The smallest absolute Gasteiger partial charge is 0.282 e. The lowest BCUT2D eigenvalue weighted by atomic mass is 10.0. The van der Waals surface area contributed by atoms with E-state index < -0.39 is 0 Å². The Morgan fingerprint density at radius 2 is 1.48 bits per heavy atom. The molecule has 2 amide bonds. The Hall–Kier alpha value is -3.16. The number of para-hydroxylation sites is 1. The number of ether oxygens (including phenoxy) is 3. The lowest BCUT2D eigenvalue weighted by Crippen LogP contribution is -2.38. The fourth-order valence-electron chi connectivity index (χ4n) is 3.82. The molecular weight excluding hydrogens is 420 g/mol. The number of aryl methyl sites for hydroxylation is 1. The van der Waals surface area contributed by atoms with Crippen molar-refractivity contribution in [3.8, 4) is 5.75 Å². The highest BCUT2D eigenvalue weighted by molar-refractivity contribution is 6.45. The first-order chi connectivity index (χ1) is 15.9. The van der Waals surface area contributed by atoms with Gasteiger partial charge in [0, 0.05) is 27.3 Å². The second kappa shape index (κ2) is 11.1. The summed E-state index contributed by atoms with van der Waals surface area (Å²) in [5, 5.41) is 0. The van der Waals surface area contributed by atoms with Crippen LogP contribution in [0.1, 0.15) is 25.0 Å². The normalized spacial score (nSPS) is 13.9. The molecule has 0 atom stereocenters. The van der Waals surface area contributed by atoms with Crippen molar-refractivity contribution in [1.82, 2.24) is 4.90 Å². The molecular formula is C26H32N2O5. The zero-order valence-electron chi connectivity index (χ0n) is 20.0. The highest BCUT2D eigenvalue weighted by Crippen LogP contribution is 2.36. The number of benzene rings is 2. The molecule has 0 saturated carbocycles. The van der Waals surface area contributed by atoms with E-state index in [4.69, 9.17) is 14.2 Å². The first-order valence-corrected chi connectivity index (χ1v) is 11.1. The SMILES string of the molecule is COCCN(CCOC)C1=C(c2ccc(OC(C)C)cc2)C(=O)N(c2ccccc2C)C1=O. The van der Waals surface area contributed by atoms with E-state index in [0.29, 0.717) is 54.6 Å². The first kappa shape index (κ1) is 24.5. The van der Waals surface area contributed by atoms with Gasteiger partial charge >= 0.3 is 0 Å². The van der Waals surface area contributed by atoms with E-state index in [1.165, 1.54) is 4.90 Å². The third-order valence-electron chi connectivity index (χ3n) is 5.38. The van der Waals surface area contributed by atoms with Gasteiger partial charge in [0.2, 0.25) is 0 Å². The van der Waals surface area contributed by atoms with Gasteiger partial charge in [-0.2, -0.15) is 0 Å². The van der Waals surface area contributed by atoms with Gasteiger partial charge in [-0.05, 0) is 50.1 Å². The Bertz CT molecular complexity index is 1010. The Balaban J connectivity index is 2.11. The topological polar surface area (TPSA) is 68.3 Å². The molecule has 0 N–H and O–H groups in total. The minimum Gasteiger partial charge on any atom is -0.491 e. The van der Waals surface area contributed by atoms with Crippen molar-refractivity contribution in [2.75, 3.05) is 45.4 Å². The van der Waals surface area contributed by atoms with Gasteiger partial charge < -0.3 is 19.1 Å². The average Bonchev–Trinajstić information content (AvgIpc) is 3.04. The number of imide groups is 1. The number of carbonyl (C=O) groups excluding carboxylic acids is 2. The van der Waals surface area contributed by atoms with E-state index in [9.17, 15) is 9.59 Å². The van der Waals surface area contributed by atoms with E-state index in [0.717, 1.165) is 5.56 Å². The van der Waals surface area contributed by atoms with Gasteiger partial charge in [0.15, 0.2) is 0 Å². The summed E-state index contributed by atoms with van der Waals surface area (Å²) in [5.74, 6) is 0.0136. The number of carbonyl (C=O) groups is 2. The van der Waals surface area contributed by atoms with Crippen LogP contribution in [0.15, 0.2) is 54.2 Å². The van der Waals surface area contributed by atoms with Crippen LogP contribution in [-0.2, 0) is 19.1 Å². The summed E-state index contributed by atoms with van der Waals surface area (Å²) in [5.41, 5.74) is 2.82. The standard InChI is InChI=1S/C26H32N2O5/c1-18(2)33-21-12-10-20(11-13-21)23-24(27(14-16-31-4)15-17-32-5)26(30)28(25(23)29)22-9-7-6-8-19(22)3/h6-13,18H,14-17H2,1-5H3.